The number of benzene rings is 2. The van der Waals surface area contributed by atoms with Crippen LogP contribution in [0.25, 0.3) is 0 Å². The fourth-order valence-electron chi connectivity index (χ4n) is 1.78. The molecule has 0 aliphatic rings. The molecular weight excluding hydrogens is 280 g/mol. The molecule has 2 aromatic rings. The van der Waals surface area contributed by atoms with Crippen LogP contribution in [-0.4, -0.2) is 37.5 Å². The van der Waals surface area contributed by atoms with Gasteiger partial charge in [0.25, 0.3) is 5.91 Å². The molecule has 114 valence electrons. The molecule has 0 atom stereocenters. The smallest absolute Gasteiger partial charge is 0.340 e. The Morgan fingerprint density at radius 3 is 2.32 bits per heavy atom. The molecule has 1 N–H and O–H groups in total. The first kappa shape index (κ1) is 15.6. The van der Waals surface area contributed by atoms with Gasteiger partial charge in [-0.2, -0.15) is 0 Å². The Kier molecular flexibility index (Phi) is 5.14. The molecular formula is C17H18N2O3. The molecule has 0 aliphatic heterocycles. The second-order valence-electron chi connectivity index (χ2n) is 4.90. The second-order valence-corrected chi connectivity index (χ2v) is 4.90. The Morgan fingerprint density at radius 1 is 1.00 bits per heavy atom. The lowest BCUT2D eigenvalue weighted by Crippen LogP contribution is -2.27. The van der Waals surface area contributed by atoms with Crippen LogP contribution in [0.5, 0.6) is 0 Å². The summed E-state index contributed by atoms with van der Waals surface area (Å²) >= 11 is 0. The standard InChI is InChI=1S/C17H18N2O3/c1-19(2)16(20)12-22-17(21)14-10-6-7-11-15(14)18-13-8-4-3-5-9-13/h3-11,18H,12H2,1-2H3. The van der Waals surface area contributed by atoms with Crippen LogP contribution in [0.3, 0.4) is 0 Å². The van der Waals surface area contributed by atoms with Gasteiger partial charge in [0.15, 0.2) is 6.61 Å². The summed E-state index contributed by atoms with van der Waals surface area (Å²) in [6.07, 6.45) is 0. The molecule has 2 aromatic carbocycles. The highest BCUT2D eigenvalue weighted by Gasteiger charge is 2.15. The molecule has 5 nitrogen and oxygen atoms in total. The van der Waals surface area contributed by atoms with E-state index in [1.807, 2.05) is 36.4 Å². The molecule has 0 unspecified atom stereocenters. The number of likely N-dealkylation sites (N-methyl/N-ethyl adjacent to an activating group) is 1. The van der Waals surface area contributed by atoms with Gasteiger partial charge in [0.2, 0.25) is 0 Å². The van der Waals surface area contributed by atoms with E-state index < -0.39 is 5.97 Å². The topological polar surface area (TPSA) is 58.6 Å². The number of nitrogens with zero attached hydrogens (tertiary/aromatic N) is 1. The molecule has 0 saturated heterocycles. The average Bonchev–Trinajstić information content (AvgIpc) is 2.53. The number of hydrogen-bond acceptors (Lipinski definition) is 4. The van der Waals surface area contributed by atoms with Crippen LogP contribution >= 0.6 is 0 Å². The Bertz CT molecular complexity index is 654. The monoisotopic (exact) mass is 298 g/mol. The number of ether oxygens (including phenoxy) is 1. The Hall–Kier alpha value is -2.82. The summed E-state index contributed by atoms with van der Waals surface area (Å²) in [5, 5.41) is 3.17. The minimum Gasteiger partial charge on any atom is -0.452 e. The van der Waals surface area contributed by atoms with E-state index in [0.717, 1.165) is 5.69 Å². The fourth-order valence-corrected chi connectivity index (χ4v) is 1.78. The van der Waals surface area contributed by atoms with Crippen molar-refractivity contribution in [2.45, 2.75) is 0 Å². The van der Waals surface area contributed by atoms with E-state index in [-0.39, 0.29) is 12.5 Å². The summed E-state index contributed by atoms with van der Waals surface area (Å²) in [7, 11) is 3.22. The zero-order valence-corrected chi connectivity index (χ0v) is 12.6. The number of para-hydroxylation sites is 2. The van der Waals surface area contributed by atoms with Crippen molar-refractivity contribution in [3.8, 4) is 0 Å². The Morgan fingerprint density at radius 2 is 1.64 bits per heavy atom. The zero-order chi connectivity index (χ0) is 15.9. The van der Waals surface area contributed by atoms with E-state index in [0.29, 0.717) is 11.3 Å². The molecule has 2 rings (SSSR count). The lowest BCUT2D eigenvalue weighted by molar-refractivity contribution is -0.131. The number of hydrogen-bond donors (Lipinski definition) is 1. The highest BCUT2D eigenvalue weighted by Crippen LogP contribution is 2.21. The maximum atomic E-state index is 12.1. The van der Waals surface area contributed by atoms with Crippen LogP contribution < -0.4 is 5.32 Å². The number of amides is 1. The summed E-state index contributed by atoms with van der Waals surface area (Å²) in [6, 6.07) is 16.5. The molecule has 1 amide bonds. The fraction of sp³-hybridized carbons (Fsp3) is 0.176. The molecule has 22 heavy (non-hydrogen) atoms. The second kappa shape index (κ2) is 7.26. The summed E-state index contributed by atoms with van der Waals surface area (Å²) in [5.74, 6) is -0.795. The van der Waals surface area contributed by atoms with Crippen molar-refractivity contribution in [3.05, 3.63) is 60.2 Å². The van der Waals surface area contributed by atoms with Gasteiger partial charge in [0.1, 0.15) is 0 Å². The van der Waals surface area contributed by atoms with Gasteiger partial charge >= 0.3 is 5.97 Å². The highest BCUT2D eigenvalue weighted by atomic mass is 16.5. The molecule has 5 heteroatoms. The van der Waals surface area contributed by atoms with Crippen molar-refractivity contribution < 1.29 is 14.3 Å². The Labute approximate surface area is 129 Å². The lowest BCUT2D eigenvalue weighted by Gasteiger charge is -2.13. The largest absolute Gasteiger partial charge is 0.452 e. The van der Waals surface area contributed by atoms with E-state index in [1.165, 1.54) is 4.90 Å². The number of carbonyl (C=O) groups excluding carboxylic acids is 2. The number of anilines is 2. The van der Waals surface area contributed by atoms with E-state index in [9.17, 15) is 9.59 Å². The van der Waals surface area contributed by atoms with Crippen molar-refractivity contribution in [1.29, 1.82) is 0 Å². The highest BCUT2D eigenvalue weighted by molar-refractivity contribution is 5.97. The molecule has 0 heterocycles. The van der Waals surface area contributed by atoms with Crippen LogP contribution in [0.4, 0.5) is 11.4 Å². The van der Waals surface area contributed by atoms with Gasteiger partial charge < -0.3 is 15.0 Å². The first-order valence-corrected chi connectivity index (χ1v) is 6.86. The van der Waals surface area contributed by atoms with Crippen molar-refractivity contribution in [3.63, 3.8) is 0 Å². The number of carbonyl (C=O) groups is 2. The third-order valence-corrected chi connectivity index (χ3v) is 3.03. The normalized spacial score (nSPS) is 9.91. The van der Waals surface area contributed by atoms with Gasteiger partial charge in [0, 0.05) is 19.8 Å². The van der Waals surface area contributed by atoms with Crippen LogP contribution in [0.1, 0.15) is 10.4 Å². The lowest BCUT2D eigenvalue weighted by atomic mass is 10.1. The first-order chi connectivity index (χ1) is 10.6. The molecule has 0 bridgehead atoms. The minimum atomic E-state index is -0.533. The summed E-state index contributed by atoms with van der Waals surface area (Å²) in [5.41, 5.74) is 1.89. The zero-order valence-electron chi connectivity index (χ0n) is 12.6. The summed E-state index contributed by atoms with van der Waals surface area (Å²) in [4.78, 5) is 25.0. The van der Waals surface area contributed by atoms with E-state index in [1.54, 1.807) is 32.3 Å². The van der Waals surface area contributed by atoms with Crippen LogP contribution in [-0.2, 0) is 9.53 Å². The summed E-state index contributed by atoms with van der Waals surface area (Å²) in [6.45, 7) is -0.272. The molecule has 0 aromatic heterocycles. The quantitative estimate of drug-likeness (QED) is 0.862. The third-order valence-electron chi connectivity index (χ3n) is 3.03. The van der Waals surface area contributed by atoms with Gasteiger partial charge in [-0.25, -0.2) is 4.79 Å². The van der Waals surface area contributed by atoms with Crippen LogP contribution in [0.15, 0.2) is 54.6 Å². The van der Waals surface area contributed by atoms with Gasteiger partial charge in [-0.3, -0.25) is 4.79 Å². The minimum absolute atomic E-state index is 0.262. The maximum absolute atomic E-state index is 12.1. The number of nitrogens with one attached hydrogen (secondary N) is 1. The first-order valence-electron chi connectivity index (χ1n) is 6.86. The van der Waals surface area contributed by atoms with E-state index >= 15 is 0 Å². The predicted octanol–water partition coefficient (Wildman–Crippen LogP) is 2.68. The van der Waals surface area contributed by atoms with Crippen molar-refractivity contribution in [1.82, 2.24) is 4.90 Å². The number of esters is 1. The van der Waals surface area contributed by atoms with Gasteiger partial charge in [-0.1, -0.05) is 30.3 Å². The van der Waals surface area contributed by atoms with Crippen molar-refractivity contribution in [2.24, 2.45) is 0 Å². The van der Waals surface area contributed by atoms with Crippen molar-refractivity contribution in [2.75, 3.05) is 26.0 Å². The Balaban J connectivity index is 2.11. The predicted molar refractivity (Wildman–Crippen MR) is 85.1 cm³/mol. The SMILES string of the molecule is CN(C)C(=O)COC(=O)c1ccccc1Nc1ccccc1. The molecule has 0 spiro atoms. The van der Waals surface area contributed by atoms with E-state index in [2.05, 4.69) is 5.32 Å². The molecule has 0 radical (unpaired) electrons. The molecule has 0 saturated carbocycles. The van der Waals surface area contributed by atoms with E-state index in [4.69, 9.17) is 4.74 Å². The third kappa shape index (κ3) is 4.09. The van der Waals surface area contributed by atoms with Gasteiger partial charge in [-0.05, 0) is 24.3 Å². The summed E-state index contributed by atoms with van der Waals surface area (Å²) < 4.78 is 5.06. The van der Waals surface area contributed by atoms with Crippen molar-refractivity contribution >= 4 is 23.3 Å². The maximum Gasteiger partial charge on any atom is 0.340 e. The van der Waals surface area contributed by atoms with Crippen LogP contribution in [0.2, 0.25) is 0 Å². The van der Waals surface area contributed by atoms with Crippen LogP contribution in [0, 0.1) is 0 Å². The molecule has 0 aliphatic carbocycles. The van der Waals surface area contributed by atoms with Gasteiger partial charge in [-0.15, -0.1) is 0 Å². The average molecular weight is 298 g/mol. The number of rotatable bonds is 5. The molecule has 0 fully saturated rings. The van der Waals surface area contributed by atoms with Gasteiger partial charge in [0.05, 0.1) is 11.3 Å².